The summed E-state index contributed by atoms with van der Waals surface area (Å²) in [4.78, 5) is 0. The molecular weight excluding hydrogens is 183 g/mol. The van der Waals surface area contributed by atoms with Crippen LogP contribution in [0.2, 0.25) is 0 Å². The van der Waals surface area contributed by atoms with Gasteiger partial charge in [-0.3, -0.25) is 0 Å². The number of hydrogen-bond acceptors (Lipinski definition) is 3. The molecule has 2 rings (SSSR count). The summed E-state index contributed by atoms with van der Waals surface area (Å²) in [6, 6.07) is 4.36. The van der Waals surface area contributed by atoms with Crippen LogP contribution in [0.3, 0.4) is 0 Å². The van der Waals surface area contributed by atoms with Crippen LogP contribution < -0.4 is 5.73 Å². The molecule has 0 amide bonds. The number of fused-ring (bicyclic) bond motifs is 1. The Morgan fingerprint density at radius 3 is 3.07 bits per heavy atom. The first-order chi connectivity index (χ1) is 6.66. The maximum Gasteiger partial charge on any atom is 0.146 e. The topological polar surface area (TPSA) is 52.0 Å². The van der Waals surface area contributed by atoms with Crippen LogP contribution in [0.5, 0.6) is 0 Å². The van der Waals surface area contributed by atoms with E-state index >= 15 is 0 Å². The molecule has 0 spiro atoms. The molecule has 1 unspecified atom stereocenters. The molecule has 1 atom stereocenters. The van der Waals surface area contributed by atoms with Crippen molar-refractivity contribution in [2.75, 3.05) is 0 Å². The van der Waals surface area contributed by atoms with Crippen molar-refractivity contribution in [3.05, 3.63) is 29.8 Å². The normalized spacial score (nSPS) is 13.4. The van der Waals surface area contributed by atoms with E-state index in [0.29, 0.717) is 23.1 Å². The van der Waals surface area contributed by atoms with Gasteiger partial charge >= 0.3 is 0 Å². The van der Waals surface area contributed by atoms with Crippen LogP contribution in [0, 0.1) is 5.82 Å². The second-order valence-corrected chi connectivity index (χ2v) is 3.45. The molecule has 1 aromatic carbocycles. The summed E-state index contributed by atoms with van der Waals surface area (Å²) in [7, 11) is 0. The fourth-order valence-corrected chi connectivity index (χ4v) is 1.40. The van der Waals surface area contributed by atoms with Crippen LogP contribution >= 0.6 is 0 Å². The average Bonchev–Trinajstić information content (AvgIpc) is 2.47. The molecular formula is C10H11FN2O. The van der Waals surface area contributed by atoms with Crippen molar-refractivity contribution in [2.24, 2.45) is 5.73 Å². The van der Waals surface area contributed by atoms with Gasteiger partial charge in [-0.15, -0.1) is 0 Å². The molecule has 1 aromatic heterocycles. The van der Waals surface area contributed by atoms with E-state index in [2.05, 4.69) is 5.16 Å². The van der Waals surface area contributed by atoms with Crippen molar-refractivity contribution >= 4 is 10.9 Å². The lowest BCUT2D eigenvalue weighted by Gasteiger charge is -1.99. The van der Waals surface area contributed by atoms with E-state index in [4.69, 9.17) is 10.3 Å². The summed E-state index contributed by atoms with van der Waals surface area (Å²) in [5, 5.41) is 4.53. The molecule has 0 saturated heterocycles. The van der Waals surface area contributed by atoms with Gasteiger partial charge in [-0.2, -0.15) is 0 Å². The first kappa shape index (κ1) is 9.15. The molecule has 4 heteroatoms. The van der Waals surface area contributed by atoms with Gasteiger partial charge in [0.1, 0.15) is 17.1 Å². The van der Waals surface area contributed by atoms with E-state index < -0.39 is 0 Å². The van der Waals surface area contributed by atoms with Crippen molar-refractivity contribution in [2.45, 2.75) is 19.4 Å². The summed E-state index contributed by atoms with van der Waals surface area (Å²) >= 11 is 0. The maximum absolute atomic E-state index is 12.9. The highest BCUT2D eigenvalue weighted by molar-refractivity contribution is 5.80. The minimum Gasteiger partial charge on any atom is -0.360 e. The van der Waals surface area contributed by atoms with Crippen LogP contribution in [0.4, 0.5) is 4.39 Å². The Labute approximate surface area is 80.7 Å². The molecule has 14 heavy (non-hydrogen) atoms. The fourth-order valence-electron chi connectivity index (χ4n) is 1.40. The van der Waals surface area contributed by atoms with Crippen molar-refractivity contribution in [3.8, 4) is 0 Å². The Morgan fingerprint density at radius 2 is 2.36 bits per heavy atom. The lowest BCUT2D eigenvalue weighted by molar-refractivity contribution is 0.384. The van der Waals surface area contributed by atoms with E-state index in [9.17, 15) is 4.39 Å². The van der Waals surface area contributed by atoms with E-state index in [1.807, 2.05) is 6.92 Å². The monoisotopic (exact) mass is 194 g/mol. The summed E-state index contributed by atoms with van der Waals surface area (Å²) in [6.07, 6.45) is 0.569. The largest absolute Gasteiger partial charge is 0.360 e. The molecule has 2 N–H and O–H groups in total. The lowest BCUT2D eigenvalue weighted by atomic mass is 10.1. The van der Waals surface area contributed by atoms with Crippen molar-refractivity contribution in [3.63, 3.8) is 0 Å². The van der Waals surface area contributed by atoms with Gasteiger partial charge < -0.3 is 10.3 Å². The number of aromatic nitrogens is 1. The first-order valence-electron chi connectivity index (χ1n) is 4.46. The predicted octanol–water partition coefficient (Wildman–Crippen LogP) is 1.86. The molecule has 0 fully saturated rings. The van der Waals surface area contributed by atoms with Gasteiger partial charge in [0.05, 0.1) is 0 Å². The maximum atomic E-state index is 12.9. The second-order valence-electron chi connectivity index (χ2n) is 3.45. The van der Waals surface area contributed by atoms with Crippen molar-refractivity contribution in [1.82, 2.24) is 5.16 Å². The van der Waals surface area contributed by atoms with E-state index in [1.165, 1.54) is 12.1 Å². The summed E-state index contributed by atoms with van der Waals surface area (Å²) in [6.45, 7) is 1.87. The SMILES string of the molecule is CC(N)Cc1onc2ccc(F)cc12. The van der Waals surface area contributed by atoms with Gasteiger partial charge in [-0.05, 0) is 25.1 Å². The van der Waals surface area contributed by atoms with Gasteiger partial charge in [0.2, 0.25) is 0 Å². The lowest BCUT2D eigenvalue weighted by Crippen LogP contribution is -2.17. The van der Waals surface area contributed by atoms with Crippen LogP contribution in [-0.2, 0) is 6.42 Å². The predicted molar refractivity (Wildman–Crippen MR) is 51.3 cm³/mol. The van der Waals surface area contributed by atoms with Gasteiger partial charge in [0, 0.05) is 17.8 Å². The van der Waals surface area contributed by atoms with E-state index in [0.717, 1.165) is 0 Å². The Kier molecular flexibility index (Phi) is 2.21. The quantitative estimate of drug-likeness (QED) is 0.793. The number of hydrogen-bond donors (Lipinski definition) is 1. The van der Waals surface area contributed by atoms with Crippen molar-refractivity contribution < 1.29 is 8.91 Å². The Morgan fingerprint density at radius 1 is 1.57 bits per heavy atom. The van der Waals surface area contributed by atoms with Crippen molar-refractivity contribution in [1.29, 1.82) is 0 Å². The van der Waals surface area contributed by atoms with Gasteiger partial charge in [-0.1, -0.05) is 5.16 Å². The standard InChI is InChI=1S/C10H11FN2O/c1-6(12)4-10-8-5-7(11)2-3-9(8)13-14-10/h2-3,5-6H,4,12H2,1H3. The smallest absolute Gasteiger partial charge is 0.146 e. The molecule has 1 heterocycles. The number of nitrogens with zero attached hydrogens (tertiary/aromatic N) is 1. The molecule has 0 aliphatic rings. The average molecular weight is 194 g/mol. The Bertz CT molecular complexity index is 450. The molecule has 0 aliphatic heterocycles. The number of benzene rings is 1. The minimum atomic E-state index is -0.286. The number of halogens is 1. The van der Waals surface area contributed by atoms with Crippen LogP contribution in [0.25, 0.3) is 10.9 Å². The van der Waals surface area contributed by atoms with E-state index in [-0.39, 0.29) is 11.9 Å². The molecule has 2 aromatic rings. The zero-order valence-corrected chi connectivity index (χ0v) is 7.83. The molecule has 74 valence electrons. The van der Waals surface area contributed by atoms with Gasteiger partial charge in [0.25, 0.3) is 0 Å². The zero-order chi connectivity index (χ0) is 10.1. The van der Waals surface area contributed by atoms with Crippen LogP contribution in [-0.4, -0.2) is 11.2 Å². The molecule has 0 aliphatic carbocycles. The van der Waals surface area contributed by atoms with Gasteiger partial charge in [0.15, 0.2) is 0 Å². The second kappa shape index (κ2) is 3.38. The van der Waals surface area contributed by atoms with E-state index in [1.54, 1.807) is 6.07 Å². The molecule has 0 saturated carbocycles. The third kappa shape index (κ3) is 1.61. The number of rotatable bonds is 2. The van der Waals surface area contributed by atoms with Crippen LogP contribution in [0.15, 0.2) is 22.7 Å². The van der Waals surface area contributed by atoms with Gasteiger partial charge in [-0.25, -0.2) is 4.39 Å². The number of nitrogens with two attached hydrogens (primary N) is 1. The highest BCUT2D eigenvalue weighted by atomic mass is 19.1. The molecule has 0 bridgehead atoms. The third-order valence-electron chi connectivity index (χ3n) is 2.02. The molecule has 0 radical (unpaired) electrons. The molecule has 3 nitrogen and oxygen atoms in total. The van der Waals surface area contributed by atoms with Crippen LogP contribution in [0.1, 0.15) is 12.7 Å². The third-order valence-corrected chi connectivity index (χ3v) is 2.02. The fraction of sp³-hybridized carbons (Fsp3) is 0.300. The minimum absolute atomic E-state index is 0.0191. The summed E-state index contributed by atoms with van der Waals surface area (Å²) in [5.74, 6) is 0.362. The Balaban J connectivity index is 2.50. The summed E-state index contributed by atoms with van der Waals surface area (Å²) in [5.41, 5.74) is 6.30. The Hall–Kier alpha value is -1.42. The first-order valence-corrected chi connectivity index (χ1v) is 4.46. The zero-order valence-electron chi connectivity index (χ0n) is 7.83. The summed E-state index contributed by atoms with van der Waals surface area (Å²) < 4.78 is 18.0. The highest BCUT2D eigenvalue weighted by Crippen LogP contribution is 2.20. The highest BCUT2D eigenvalue weighted by Gasteiger charge is 2.10.